The number of likely N-dealkylation sites (N-methyl/N-ethyl adjacent to an activating group) is 1. The number of halogens is 3. The van der Waals surface area contributed by atoms with Gasteiger partial charge in [-0.25, -0.2) is 0 Å². The lowest BCUT2D eigenvalue weighted by Gasteiger charge is -2.40. The minimum absolute atomic E-state index is 0.236. The van der Waals surface area contributed by atoms with Gasteiger partial charge in [-0.2, -0.15) is 0 Å². The van der Waals surface area contributed by atoms with E-state index < -0.39 is 17.8 Å². The van der Waals surface area contributed by atoms with Crippen molar-refractivity contribution in [2.24, 2.45) is 5.73 Å². The third-order valence-corrected chi connectivity index (χ3v) is 3.59. The van der Waals surface area contributed by atoms with E-state index in [-0.39, 0.29) is 5.76 Å². The van der Waals surface area contributed by atoms with E-state index in [0.717, 1.165) is 5.56 Å². The lowest BCUT2D eigenvalue weighted by Crippen LogP contribution is -2.50. The molecule has 2 N–H and O–H groups in total. The summed E-state index contributed by atoms with van der Waals surface area (Å²) in [4.78, 5) is 1.90. The van der Waals surface area contributed by atoms with Gasteiger partial charge in [0, 0.05) is 18.0 Å². The maximum atomic E-state index is 12.5. The molecule has 0 aromatic heterocycles. The third kappa shape index (κ3) is 3.69. The van der Waals surface area contributed by atoms with E-state index in [1.807, 2.05) is 49.3 Å². The second-order valence-corrected chi connectivity index (χ2v) is 5.62. The maximum Gasteiger partial charge on any atom is 0.573 e. The Labute approximate surface area is 127 Å². The Balaban J connectivity index is 2.48. The predicted octanol–water partition coefficient (Wildman–Crippen LogP) is 2.80. The largest absolute Gasteiger partial charge is 0.573 e. The highest BCUT2D eigenvalue weighted by atomic mass is 19.4. The highest BCUT2D eigenvalue weighted by molar-refractivity contribution is 5.42. The van der Waals surface area contributed by atoms with Crippen molar-refractivity contribution in [3.63, 3.8) is 0 Å². The van der Waals surface area contributed by atoms with Crippen molar-refractivity contribution >= 4 is 0 Å². The zero-order valence-electron chi connectivity index (χ0n) is 12.5. The van der Waals surface area contributed by atoms with Crippen molar-refractivity contribution in [1.29, 1.82) is 0 Å². The molecule has 0 fully saturated rings. The summed E-state index contributed by atoms with van der Waals surface area (Å²) in [5.74, 6) is -0.236. The number of ether oxygens (including phenoxy) is 1. The average Bonchev–Trinajstić information content (AvgIpc) is 2.41. The van der Waals surface area contributed by atoms with Crippen LogP contribution >= 0.6 is 0 Å². The summed E-state index contributed by atoms with van der Waals surface area (Å²) in [5.41, 5.74) is 6.30. The molecule has 0 amide bonds. The van der Waals surface area contributed by atoms with Gasteiger partial charge in [0.15, 0.2) is 0 Å². The summed E-state index contributed by atoms with van der Waals surface area (Å²) in [6, 6.07) is 8.83. The van der Waals surface area contributed by atoms with Crippen LogP contribution in [0.15, 0.2) is 54.3 Å². The monoisotopic (exact) mass is 312 g/mol. The third-order valence-electron chi connectivity index (χ3n) is 3.59. The Bertz CT molecular complexity index is 567. The Morgan fingerprint density at radius 1 is 1.23 bits per heavy atom. The SMILES string of the molecule is CN(C)CC1(c2ccccc2)C=C(OC(F)(F)F)C=CC1N. The number of nitrogens with two attached hydrogens (primary N) is 1. The molecular formula is C16H19F3N2O. The first kappa shape index (κ1) is 16.6. The molecule has 0 heterocycles. The molecule has 0 radical (unpaired) electrons. The zero-order chi connectivity index (χ0) is 16.4. The molecule has 0 saturated carbocycles. The fraction of sp³-hybridized carbons (Fsp3) is 0.375. The van der Waals surface area contributed by atoms with Gasteiger partial charge in [0.05, 0.1) is 0 Å². The summed E-state index contributed by atoms with van der Waals surface area (Å²) >= 11 is 0. The summed E-state index contributed by atoms with van der Waals surface area (Å²) in [6.07, 6.45) is -0.425. The molecule has 0 bridgehead atoms. The quantitative estimate of drug-likeness (QED) is 0.929. The van der Waals surface area contributed by atoms with Crippen molar-refractivity contribution in [3.05, 3.63) is 59.9 Å². The van der Waals surface area contributed by atoms with Gasteiger partial charge in [-0.15, -0.1) is 13.2 Å². The van der Waals surface area contributed by atoms with Crippen LogP contribution in [0.1, 0.15) is 5.56 Å². The molecule has 22 heavy (non-hydrogen) atoms. The summed E-state index contributed by atoms with van der Waals surface area (Å²) in [7, 11) is 3.71. The molecule has 3 nitrogen and oxygen atoms in total. The summed E-state index contributed by atoms with van der Waals surface area (Å²) in [6.45, 7) is 0.466. The zero-order valence-corrected chi connectivity index (χ0v) is 12.5. The number of rotatable bonds is 4. The van der Waals surface area contributed by atoms with E-state index in [1.165, 1.54) is 12.2 Å². The second kappa shape index (κ2) is 6.14. The molecule has 0 saturated heterocycles. The van der Waals surface area contributed by atoms with E-state index in [9.17, 15) is 13.2 Å². The van der Waals surface area contributed by atoms with Crippen LogP contribution in [-0.4, -0.2) is 37.9 Å². The van der Waals surface area contributed by atoms with Crippen LogP contribution < -0.4 is 5.73 Å². The van der Waals surface area contributed by atoms with Gasteiger partial charge in [0.25, 0.3) is 0 Å². The molecule has 120 valence electrons. The number of alkyl halides is 3. The Morgan fingerprint density at radius 2 is 1.86 bits per heavy atom. The number of allylic oxidation sites excluding steroid dienone is 1. The minimum Gasteiger partial charge on any atom is -0.406 e. The number of nitrogens with zero attached hydrogens (tertiary/aromatic N) is 1. The van der Waals surface area contributed by atoms with Crippen molar-refractivity contribution in [3.8, 4) is 0 Å². The molecule has 2 unspecified atom stereocenters. The van der Waals surface area contributed by atoms with Gasteiger partial charge in [-0.05, 0) is 31.8 Å². The van der Waals surface area contributed by atoms with Crippen LogP contribution in [0.3, 0.4) is 0 Å². The van der Waals surface area contributed by atoms with Gasteiger partial charge < -0.3 is 15.4 Å². The molecule has 2 rings (SSSR count). The van der Waals surface area contributed by atoms with Crippen molar-refractivity contribution in [1.82, 2.24) is 4.90 Å². The van der Waals surface area contributed by atoms with Crippen molar-refractivity contribution in [2.75, 3.05) is 20.6 Å². The molecule has 1 aliphatic carbocycles. The van der Waals surface area contributed by atoms with E-state index in [4.69, 9.17) is 5.73 Å². The molecule has 6 heteroatoms. The summed E-state index contributed by atoms with van der Waals surface area (Å²) < 4.78 is 41.6. The van der Waals surface area contributed by atoms with Gasteiger partial charge in [-0.3, -0.25) is 0 Å². The van der Waals surface area contributed by atoms with Crippen LogP contribution in [0.4, 0.5) is 13.2 Å². The van der Waals surface area contributed by atoms with Crippen LogP contribution in [0.25, 0.3) is 0 Å². The minimum atomic E-state index is -4.72. The average molecular weight is 312 g/mol. The predicted molar refractivity (Wildman–Crippen MR) is 79.0 cm³/mol. The Kier molecular flexibility index (Phi) is 4.63. The first-order chi connectivity index (χ1) is 10.2. The molecule has 0 spiro atoms. The van der Waals surface area contributed by atoms with E-state index in [0.29, 0.717) is 6.54 Å². The fourth-order valence-electron chi connectivity index (χ4n) is 2.76. The van der Waals surface area contributed by atoms with E-state index >= 15 is 0 Å². The van der Waals surface area contributed by atoms with Gasteiger partial charge in [-0.1, -0.05) is 36.4 Å². The molecule has 2 atom stereocenters. The molecule has 1 aromatic carbocycles. The van der Waals surface area contributed by atoms with Gasteiger partial charge in [0.2, 0.25) is 0 Å². The van der Waals surface area contributed by atoms with Crippen LogP contribution in [0, 0.1) is 0 Å². The topological polar surface area (TPSA) is 38.5 Å². The van der Waals surface area contributed by atoms with Crippen LogP contribution in [0.5, 0.6) is 0 Å². The van der Waals surface area contributed by atoms with Gasteiger partial charge in [0.1, 0.15) is 5.76 Å². The first-order valence-electron chi connectivity index (χ1n) is 6.85. The van der Waals surface area contributed by atoms with Crippen LogP contribution in [-0.2, 0) is 10.2 Å². The van der Waals surface area contributed by atoms with Crippen molar-refractivity contribution in [2.45, 2.75) is 17.8 Å². The summed E-state index contributed by atoms with van der Waals surface area (Å²) in [5, 5.41) is 0. The van der Waals surface area contributed by atoms with E-state index in [1.54, 1.807) is 6.08 Å². The highest BCUT2D eigenvalue weighted by Crippen LogP contribution is 2.36. The molecule has 0 aliphatic heterocycles. The highest BCUT2D eigenvalue weighted by Gasteiger charge is 2.40. The number of hydrogen-bond donors (Lipinski definition) is 1. The molecule has 1 aromatic rings. The second-order valence-electron chi connectivity index (χ2n) is 5.62. The van der Waals surface area contributed by atoms with E-state index in [2.05, 4.69) is 4.74 Å². The Morgan fingerprint density at radius 3 is 2.41 bits per heavy atom. The lowest BCUT2D eigenvalue weighted by molar-refractivity contribution is -0.303. The van der Waals surface area contributed by atoms with Crippen molar-refractivity contribution < 1.29 is 17.9 Å². The lowest BCUT2D eigenvalue weighted by atomic mass is 9.71. The molecular weight excluding hydrogens is 293 g/mol. The fourth-order valence-corrected chi connectivity index (χ4v) is 2.76. The number of benzene rings is 1. The first-order valence-corrected chi connectivity index (χ1v) is 6.85. The van der Waals surface area contributed by atoms with Gasteiger partial charge >= 0.3 is 6.36 Å². The van der Waals surface area contributed by atoms with Crippen LogP contribution in [0.2, 0.25) is 0 Å². The number of hydrogen-bond acceptors (Lipinski definition) is 3. The molecule has 1 aliphatic rings. The normalized spacial score (nSPS) is 25.2. The smallest absolute Gasteiger partial charge is 0.406 e. The Hall–Kier alpha value is -1.79. The maximum absolute atomic E-state index is 12.5. The standard InChI is InChI=1S/C16H19F3N2O/c1-21(2)11-15(12-6-4-3-5-7-12)10-13(8-9-14(15)20)22-16(17,18)19/h3-10,14H,11,20H2,1-2H3.